The minimum atomic E-state index is -1.15. The number of hydrogen-bond donors (Lipinski definition) is 1. The van der Waals surface area contributed by atoms with Crippen LogP contribution in [-0.4, -0.2) is 37.0 Å². The maximum absolute atomic E-state index is 14.0. The molecule has 2 aliphatic rings. The zero-order chi connectivity index (χ0) is 24.0. The van der Waals surface area contributed by atoms with Gasteiger partial charge in [0.25, 0.3) is 11.7 Å². The van der Waals surface area contributed by atoms with Crippen LogP contribution in [0.4, 0.5) is 20.2 Å². The highest BCUT2D eigenvalue weighted by molar-refractivity contribution is 6.51. The molecule has 6 nitrogen and oxygen atoms in total. The van der Waals surface area contributed by atoms with Gasteiger partial charge < -0.3 is 14.7 Å². The average molecular weight is 462 g/mol. The first-order valence-electron chi connectivity index (χ1n) is 10.7. The van der Waals surface area contributed by atoms with Crippen molar-refractivity contribution < 1.29 is 28.2 Å². The van der Waals surface area contributed by atoms with Gasteiger partial charge in [0.2, 0.25) is 0 Å². The lowest BCUT2D eigenvalue weighted by molar-refractivity contribution is -0.132. The van der Waals surface area contributed by atoms with Crippen molar-refractivity contribution >= 4 is 28.8 Å². The quantitative estimate of drug-likeness (QED) is 0.355. The highest BCUT2D eigenvalue weighted by Crippen LogP contribution is 2.43. The molecule has 1 amide bonds. The molecule has 1 saturated heterocycles. The predicted octanol–water partition coefficient (Wildman–Crippen LogP) is 4.42. The zero-order valence-corrected chi connectivity index (χ0v) is 18.2. The molecule has 34 heavy (non-hydrogen) atoms. The Morgan fingerprint density at radius 3 is 2.50 bits per heavy atom. The number of carbonyl (C=O) groups is 2. The van der Waals surface area contributed by atoms with Gasteiger partial charge in [-0.3, -0.25) is 14.5 Å². The van der Waals surface area contributed by atoms with Crippen molar-refractivity contribution in [2.24, 2.45) is 0 Å². The summed E-state index contributed by atoms with van der Waals surface area (Å²) in [4.78, 5) is 29.3. The van der Waals surface area contributed by atoms with E-state index in [4.69, 9.17) is 4.74 Å². The second kappa shape index (κ2) is 8.30. The summed E-state index contributed by atoms with van der Waals surface area (Å²) in [5.41, 5.74) is 1.47. The van der Waals surface area contributed by atoms with Crippen molar-refractivity contribution in [1.82, 2.24) is 0 Å². The highest BCUT2D eigenvalue weighted by Gasteiger charge is 2.47. The minimum Gasteiger partial charge on any atom is -0.507 e. The van der Waals surface area contributed by atoms with Crippen molar-refractivity contribution in [2.75, 3.05) is 30.0 Å². The van der Waals surface area contributed by atoms with E-state index in [0.29, 0.717) is 30.0 Å². The number of ketones is 1. The first kappa shape index (κ1) is 21.6. The number of hydrogen-bond acceptors (Lipinski definition) is 5. The summed E-state index contributed by atoms with van der Waals surface area (Å²) in [6.07, 6.45) is 0. The Morgan fingerprint density at radius 2 is 1.76 bits per heavy atom. The fourth-order valence-electron chi connectivity index (χ4n) is 4.34. The first-order valence-corrected chi connectivity index (χ1v) is 10.7. The lowest BCUT2D eigenvalue weighted by Gasteiger charge is -2.28. The second-order valence-electron chi connectivity index (χ2n) is 8.13. The van der Waals surface area contributed by atoms with E-state index in [1.807, 2.05) is 11.9 Å². The maximum Gasteiger partial charge on any atom is 0.300 e. The SMILES string of the molecule is CN1CCOc2ccc(/C(O)=C3/C(=O)C(=O)N(c4ccc(F)c(F)c4)C3c3ccccc3)cc21. The molecular formula is C26H20F2N2O4. The fraction of sp³-hybridized carbons (Fsp3) is 0.154. The minimum absolute atomic E-state index is 0.00692. The molecule has 0 bridgehead atoms. The molecule has 0 aromatic heterocycles. The van der Waals surface area contributed by atoms with Gasteiger partial charge >= 0.3 is 0 Å². The molecule has 0 saturated carbocycles. The van der Waals surface area contributed by atoms with Crippen molar-refractivity contribution in [3.05, 3.63) is 95.1 Å². The number of Topliss-reactive ketones (excluding diaryl/α,β-unsaturated/α-hetero) is 1. The Hall–Kier alpha value is -4.20. The maximum atomic E-state index is 14.0. The number of rotatable bonds is 3. The Kier molecular flexibility index (Phi) is 5.28. The molecule has 8 heteroatoms. The van der Waals surface area contributed by atoms with Crippen molar-refractivity contribution in [3.8, 4) is 5.75 Å². The molecule has 0 spiro atoms. The lowest BCUT2D eigenvalue weighted by atomic mass is 9.95. The van der Waals surface area contributed by atoms with Crippen molar-refractivity contribution in [1.29, 1.82) is 0 Å². The van der Waals surface area contributed by atoms with Crippen LogP contribution in [0.5, 0.6) is 5.75 Å². The van der Waals surface area contributed by atoms with E-state index < -0.39 is 29.4 Å². The molecule has 1 fully saturated rings. The van der Waals surface area contributed by atoms with E-state index in [0.717, 1.165) is 22.7 Å². The van der Waals surface area contributed by atoms with E-state index in [1.165, 1.54) is 6.07 Å². The number of aliphatic hydroxyl groups excluding tert-OH is 1. The van der Waals surface area contributed by atoms with Crippen LogP contribution in [0.3, 0.4) is 0 Å². The number of aliphatic hydroxyl groups is 1. The Bertz CT molecular complexity index is 1340. The average Bonchev–Trinajstić information content (AvgIpc) is 3.11. The number of halogens is 2. The topological polar surface area (TPSA) is 70.1 Å². The number of anilines is 2. The first-order chi connectivity index (χ1) is 16.4. The van der Waals surface area contributed by atoms with Gasteiger partial charge in [-0.05, 0) is 35.9 Å². The Labute approximate surface area is 194 Å². The summed E-state index contributed by atoms with van der Waals surface area (Å²) in [7, 11) is 1.89. The van der Waals surface area contributed by atoms with Crippen LogP contribution in [0, 0.1) is 11.6 Å². The van der Waals surface area contributed by atoms with Gasteiger partial charge in [-0.1, -0.05) is 30.3 Å². The molecule has 0 radical (unpaired) electrons. The normalized spacial score (nSPS) is 19.2. The third kappa shape index (κ3) is 3.48. The van der Waals surface area contributed by atoms with Crippen molar-refractivity contribution in [2.45, 2.75) is 6.04 Å². The van der Waals surface area contributed by atoms with Gasteiger partial charge in [-0.25, -0.2) is 8.78 Å². The van der Waals surface area contributed by atoms with Gasteiger partial charge in [0.1, 0.15) is 18.1 Å². The monoisotopic (exact) mass is 462 g/mol. The van der Waals surface area contributed by atoms with Crippen LogP contribution in [0.2, 0.25) is 0 Å². The number of amides is 1. The number of benzene rings is 3. The summed E-state index contributed by atoms with van der Waals surface area (Å²) in [6, 6.07) is 15.6. The number of nitrogens with zero attached hydrogens (tertiary/aromatic N) is 2. The molecule has 1 atom stereocenters. The zero-order valence-electron chi connectivity index (χ0n) is 18.2. The molecule has 172 valence electrons. The summed E-state index contributed by atoms with van der Waals surface area (Å²) < 4.78 is 33.2. The standard InChI is InChI=1S/C26H20F2N2O4/c1-29-11-12-34-21-10-7-16(13-20(21)29)24(31)22-23(15-5-3-2-4-6-15)30(26(33)25(22)32)17-8-9-18(27)19(28)14-17/h2-10,13-14,23,31H,11-12H2,1H3/b24-22-. The van der Waals surface area contributed by atoms with Gasteiger partial charge in [0.05, 0.1) is 23.8 Å². The van der Waals surface area contributed by atoms with Gasteiger partial charge in [0.15, 0.2) is 11.6 Å². The molecule has 1 N–H and O–H groups in total. The van der Waals surface area contributed by atoms with Gasteiger partial charge in [0, 0.05) is 24.4 Å². The van der Waals surface area contributed by atoms with Gasteiger partial charge in [-0.2, -0.15) is 0 Å². The van der Waals surface area contributed by atoms with Crippen LogP contribution in [0.25, 0.3) is 5.76 Å². The molecule has 2 aliphatic heterocycles. The van der Waals surface area contributed by atoms with Crippen LogP contribution in [0.1, 0.15) is 17.2 Å². The fourth-order valence-corrected chi connectivity index (χ4v) is 4.34. The van der Waals surface area contributed by atoms with E-state index in [1.54, 1.807) is 48.5 Å². The number of ether oxygens (including phenoxy) is 1. The molecule has 2 heterocycles. The molecule has 1 unspecified atom stereocenters. The smallest absolute Gasteiger partial charge is 0.300 e. The number of likely N-dealkylation sites (N-methyl/N-ethyl adjacent to an activating group) is 1. The number of carbonyl (C=O) groups excluding carboxylic acids is 2. The molecule has 3 aromatic rings. The van der Waals surface area contributed by atoms with E-state index >= 15 is 0 Å². The molecule has 5 rings (SSSR count). The summed E-state index contributed by atoms with van der Waals surface area (Å²) in [5, 5.41) is 11.3. The van der Waals surface area contributed by atoms with E-state index in [-0.39, 0.29) is 17.0 Å². The second-order valence-corrected chi connectivity index (χ2v) is 8.13. The summed E-state index contributed by atoms with van der Waals surface area (Å²) in [6.45, 7) is 1.18. The van der Waals surface area contributed by atoms with Crippen LogP contribution in [0.15, 0.2) is 72.3 Å². The molecule has 0 aliphatic carbocycles. The Morgan fingerprint density at radius 1 is 1.00 bits per heavy atom. The van der Waals surface area contributed by atoms with E-state index in [9.17, 15) is 23.5 Å². The third-order valence-corrected chi connectivity index (χ3v) is 6.07. The van der Waals surface area contributed by atoms with Gasteiger partial charge in [-0.15, -0.1) is 0 Å². The van der Waals surface area contributed by atoms with Crippen LogP contribution < -0.4 is 14.5 Å². The highest BCUT2D eigenvalue weighted by atomic mass is 19.2. The molecule has 3 aromatic carbocycles. The van der Waals surface area contributed by atoms with Crippen molar-refractivity contribution in [3.63, 3.8) is 0 Å². The Balaban J connectivity index is 1.69. The van der Waals surface area contributed by atoms with E-state index in [2.05, 4.69) is 0 Å². The van der Waals surface area contributed by atoms with Crippen LogP contribution in [-0.2, 0) is 9.59 Å². The van der Waals surface area contributed by atoms with Crippen LogP contribution >= 0.6 is 0 Å². The molecular weight excluding hydrogens is 442 g/mol. The third-order valence-electron chi connectivity index (χ3n) is 6.07. The number of fused-ring (bicyclic) bond motifs is 1. The predicted molar refractivity (Wildman–Crippen MR) is 123 cm³/mol. The summed E-state index contributed by atoms with van der Waals surface area (Å²) >= 11 is 0. The lowest BCUT2D eigenvalue weighted by Crippen LogP contribution is -2.29. The largest absolute Gasteiger partial charge is 0.507 e. The summed E-state index contributed by atoms with van der Waals surface area (Å²) in [5.74, 6) is -3.80.